The van der Waals surface area contributed by atoms with Gasteiger partial charge in [-0.2, -0.15) is 4.52 Å². The summed E-state index contributed by atoms with van der Waals surface area (Å²) in [5, 5.41) is 16.4. The maximum absolute atomic E-state index is 12.6. The lowest BCUT2D eigenvalue weighted by molar-refractivity contribution is -0.116. The molecule has 1 fully saturated rings. The molecule has 2 aromatic heterocycles. The number of piperazine rings is 1. The zero-order chi connectivity index (χ0) is 25.2. The second kappa shape index (κ2) is 9.97. The van der Waals surface area contributed by atoms with Gasteiger partial charge < -0.3 is 15.1 Å². The molecule has 0 saturated carbocycles. The Morgan fingerprint density at radius 1 is 1.00 bits per heavy atom. The third kappa shape index (κ3) is 5.03. The van der Waals surface area contributed by atoms with E-state index in [0.29, 0.717) is 30.4 Å². The van der Waals surface area contributed by atoms with E-state index in [9.17, 15) is 4.79 Å². The van der Waals surface area contributed by atoms with E-state index in [1.54, 1.807) is 4.52 Å². The van der Waals surface area contributed by atoms with Gasteiger partial charge in [0.15, 0.2) is 11.5 Å². The first-order valence-electron chi connectivity index (χ1n) is 12.5. The average molecular weight is 484 g/mol. The Hall–Kier alpha value is -3.94. The van der Waals surface area contributed by atoms with Gasteiger partial charge in [-0.25, -0.2) is 0 Å². The highest BCUT2D eigenvalue weighted by Crippen LogP contribution is 2.24. The summed E-state index contributed by atoms with van der Waals surface area (Å²) in [6.45, 7) is 11.2. The van der Waals surface area contributed by atoms with Crippen LogP contribution in [0.5, 0.6) is 0 Å². The number of rotatable bonds is 6. The van der Waals surface area contributed by atoms with Gasteiger partial charge in [-0.15, -0.1) is 15.3 Å². The van der Waals surface area contributed by atoms with E-state index in [-0.39, 0.29) is 5.91 Å². The minimum Gasteiger partial charge on any atom is -0.365 e. The number of benzene rings is 2. The largest absolute Gasteiger partial charge is 0.365 e. The third-order valence-electron chi connectivity index (χ3n) is 6.96. The molecular weight excluding hydrogens is 450 g/mol. The first kappa shape index (κ1) is 23.8. The number of aryl methyl sites for hydroxylation is 4. The Kier molecular flexibility index (Phi) is 6.59. The fraction of sp³-hybridized carbons (Fsp3) is 0.357. The lowest BCUT2D eigenvalue weighted by Gasteiger charge is -2.41. The number of anilines is 3. The van der Waals surface area contributed by atoms with Crippen molar-refractivity contribution < 1.29 is 4.79 Å². The molecule has 8 nitrogen and oxygen atoms in total. The lowest BCUT2D eigenvalue weighted by Crippen LogP contribution is -2.52. The number of amides is 1. The van der Waals surface area contributed by atoms with E-state index < -0.39 is 0 Å². The zero-order valence-corrected chi connectivity index (χ0v) is 21.4. The van der Waals surface area contributed by atoms with Gasteiger partial charge in [-0.05, 0) is 80.8 Å². The van der Waals surface area contributed by atoms with Crippen molar-refractivity contribution in [1.82, 2.24) is 19.8 Å². The van der Waals surface area contributed by atoms with E-state index in [0.717, 1.165) is 36.7 Å². The normalized spacial score (nSPS) is 15.9. The fourth-order valence-corrected chi connectivity index (χ4v) is 4.77. The number of hydrogen-bond acceptors (Lipinski definition) is 6. The smallest absolute Gasteiger partial charge is 0.224 e. The SMILES string of the molecule is Cc1cccc(N2CCN(c3ccc4nnc(CCC(=O)Nc5ccc(C)c(C)c5)n4n3)C[C@@H]2C)c1. The van der Waals surface area contributed by atoms with Gasteiger partial charge in [0.1, 0.15) is 5.82 Å². The molecule has 8 heteroatoms. The molecule has 36 heavy (non-hydrogen) atoms. The van der Waals surface area contributed by atoms with Crippen molar-refractivity contribution in [1.29, 1.82) is 0 Å². The molecule has 5 rings (SSSR count). The summed E-state index contributed by atoms with van der Waals surface area (Å²) >= 11 is 0. The summed E-state index contributed by atoms with van der Waals surface area (Å²) in [4.78, 5) is 17.3. The number of nitrogens with zero attached hydrogens (tertiary/aromatic N) is 6. The molecule has 1 saturated heterocycles. The topological polar surface area (TPSA) is 78.7 Å². The summed E-state index contributed by atoms with van der Waals surface area (Å²) < 4.78 is 1.77. The van der Waals surface area contributed by atoms with E-state index in [1.165, 1.54) is 16.8 Å². The summed E-state index contributed by atoms with van der Waals surface area (Å²) in [5.74, 6) is 1.54. The van der Waals surface area contributed by atoms with Crippen LogP contribution in [0.2, 0.25) is 0 Å². The molecule has 0 radical (unpaired) electrons. The molecule has 186 valence electrons. The molecule has 1 aliphatic heterocycles. The number of carbonyl (C=O) groups is 1. The molecular formula is C28H33N7O. The van der Waals surface area contributed by atoms with E-state index in [2.05, 4.69) is 70.4 Å². The Bertz CT molecular complexity index is 1400. The van der Waals surface area contributed by atoms with Crippen molar-refractivity contribution in [3.63, 3.8) is 0 Å². The van der Waals surface area contributed by atoms with Gasteiger partial charge in [0.05, 0.1) is 0 Å². The Balaban J connectivity index is 1.25. The predicted octanol–water partition coefficient (Wildman–Crippen LogP) is 4.34. The molecule has 1 N–H and O–H groups in total. The van der Waals surface area contributed by atoms with Crippen LogP contribution in [0.25, 0.3) is 5.65 Å². The second-order valence-corrected chi connectivity index (χ2v) is 9.75. The summed E-state index contributed by atoms with van der Waals surface area (Å²) in [6, 6.07) is 18.9. The lowest BCUT2D eigenvalue weighted by atomic mass is 10.1. The number of aromatic nitrogens is 4. The quantitative estimate of drug-likeness (QED) is 0.440. The standard InChI is InChI=1S/C28H33N7O/c1-19-6-5-7-24(16-19)34-15-14-33(18-22(34)4)27-11-10-25-30-31-26(35(25)32-27)12-13-28(36)29-23-9-8-20(2)21(3)17-23/h5-11,16-17,22H,12-15,18H2,1-4H3,(H,29,36)/t22-/m0/s1. The van der Waals surface area contributed by atoms with Crippen molar-refractivity contribution in [2.75, 3.05) is 34.8 Å². The fourth-order valence-electron chi connectivity index (χ4n) is 4.77. The molecule has 2 aromatic carbocycles. The maximum atomic E-state index is 12.6. The number of carbonyl (C=O) groups excluding carboxylic acids is 1. The van der Waals surface area contributed by atoms with E-state index >= 15 is 0 Å². The van der Waals surface area contributed by atoms with Gasteiger partial charge in [0.2, 0.25) is 5.91 Å². The molecule has 4 aromatic rings. The highest BCUT2D eigenvalue weighted by Gasteiger charge is 2.25. The molecule has 1 aliphatic rings. The molecule has 0 aliphatic carbocycles. The maximum Gasteiger partial charge on any atom is 0.224 e. The van der Waals surface area contributed by atoms with Gasteiger partial charge >= 0.3 is 0 Å². The third-order valence-corrected chi connectivity index (χ3v) is 6.96. The van der Waals surface area contributed by atoms with Crippen LogP contribution in [0, 0.1) is 20.8 Å². The average Bonchev–Trinajstić information content (AvgIpc) is 3.27. The van der Waals surface area contributed by atoms with Crippen molar-refractivity contribution in [2.24, 2.45) is 0 Å². The molecule has 0 bridgehead atoms. The van der Waals surface area contributed by atoms with Crippen molar-refractivity contribution in [3.8, 4) is 0 Å². The van der Waals surface area contributed by atoms with Gasteiger partial charge in [0.25, 0.3) is 0 Å². The zero-order valence-electron chi connectivity index (χ0n) is 21.4. The number of nitrogens with one attached hydrogen (secondary N) is 1. The first-order valence-corrected chi connectivity index (χ1v) is 12.5. The molecule has 1 amide bonds. The number of hydrogen-bond donors (Lipinski definition) is 1. The van der Waals surface area contributed by atoms with Crippen LogP contribution in [0.15, 0.2) is 54.6 Å². The first-order chi connectivity index (χ1) is 17.4. The summed E-state index contributed by atoms with van der Waals surface area (Å²) in [5.41, 5.74) is 6.41. The highest BCUT2D eigenvalue weighted by molar-refractivity contribution is 5.90. The van der Waals surface area contributed by atoms with Gasteiger partial charge in [0, 0.05) is 49.9 Å². The Labute approximate surface area is 211 Å². The van der Waals surface area contributed by atoms with E-state index in [1.807, 2.05) is 37.3 Å². The monoisotopic (exact) mass is 483 g/mol. The molecule has 0 unspecified atom stereocenters. The van der Waals surface area contributed by atoms with Crippen molar-refractivity contribution in [2.45, 2.75) is 46.6 Å². The minimum atomic E-state index is -0.0488. The van der Waals surface area contributed by atoms with Crippen LogP contribution in [-0.4, -0.2) is 51.4 Å². The summed E-state index contributed by atoms with van der Waals surface area (Å²) in [6.07, 6.45) is 0.775. The van der Waals surface area contributed by atoms with Crippen LogP contribution in [-0.2, 0) is 11.2 Å². The van der Waals surface area contributed by atoms with E-state index in [4.69, 9.17) is 5.10 Å². The van der Waals surface area contributed by atoms with Crippen LogP contribution in [0.4, 0.5) is 17.2 Å². The van der Waals surface area contributed by atoms with Crippen LogP contribution in [0.3, 0.4) is 0 Å². The Morgan fingerprint density at radius 3 is 2.64 bits per heavy atom. The van der Waals surface area contributed by atoms with Gasteiger partial charge in [-0.3, -0.25) is 4.79 Å². The van der Waals surface area contributed by atoms with Gasteiger partial charge in [-0.1, -0.05) is 18.2 Å². The second-order valence-electron chi connectivity index (χ2n) is 9.75. The van der Waals surface area contributed by atoms with Crippen LogP contribution in [0.1, 0.15) is 35.9 Å². The minimum absolute atomic E-state index is 0.0488. The molecule has 1 atom stereocenters. The van der Waals surface area contributed by atoms with Crippen LogP contribution >= 0.6 is 0 Å². The summed E-state index contributed by atoms with van der Waals surface area (Å²) in [7, 11) is 0. The molecule has 0 spiro atoms. The predicted molar refractivity (Wildman–Crippen MR) is 144 cm³/mol. The van der Waals surface area contributed by atoms with Crippen molar-refractivity contribution in [3.05, 3.63) is 77.1 Å². The number of fused-ring (bicyclic) bond motifs is 1. The van der Waals surface area contributed by atoms with Crippen molar-refractivity contribution >= 4 is 28.7 Å². The highest BCUT2D eigenvalue weighted by atomic mass is 16.1. The van der Waals surface area contributed by atoms with Crippen LogP contribution < -0.4 is 15.1 Å². The molecule has 3 heterocycles. The Morgan fingerprint density at radius 2 is 1.86 bits per heavy atom.